The fraction of sp³-hybridized carbons (Fsp3) is 0.167. The number of Topliss-reactive ketones (excluding diaryl/α,β-unsaturated/α-hetero) is 1. The highest BCUT2D eigenvalue weighted by Gasteiger charge is 2.29. The lowest BCUT2D eigenvalue weighted by Gasteiger charge is -2.11. The van der Waals surface area contributed by atoms with Crippen LogP contribution in [0.1, 0.15) is 5.56 Å². The summed E-state index contributed by atoms with van der Waals surface area (Å²) in [6, 6.07) is 5.42. The van der Waals surface area contributed by atoms with Crippen LogP contribution in [0.2, 0.25) is 0 Å². The number of hydrogen-bond acceptors (Lipinski definition) is 6. The molecule has 0 unspecified atom stereocenters. The van der Waals surface area contributed by atoms with E-state index in [2.05, 4.69) is 9.47 Å². The van der Waals surface area contributed by atoms with Crippen molar-refractivity contribution in [3.8, 4) is 17.2 Å². The van der Waals surface area contributed by atoms with Crippen molar-refractivity contribution < 1.29 is 73.2 Å². The molecule has 0 saturated carbocycles. The molecule has 1 atom stereocenters. The molecule has 3 rings (SSSR count). The summed E-state index contributed by atoms with van der Waals surface area (Å²) < 4.78 is 139. The molecule has 3 aromatic rings. The minimum Gasteiger partial charge on any atom is -0.508 e. The molecule has 0 spiro atoms. The first-order valence-corrected chi connectivity index (χ1v) is 10.6. The zero-order valence-corrected chi connectivity index (χ0v) is 19.9. The average Bonchev–Trinajstić information content (AvgIpc) is 2.94. The van der Waals surface area contributed by atoms with Gasteiger partial charge < -0.3 is 25.4 Å². The lowest BCUT2D eigenvalue weighted by atomic mass is 10.1. The number of ether oxygens (including phenoxy) is 2. The van der Waals surface area contributed by atoms with Crippen LogP contribution in [-0.2, 0) is 16.0 Å². The number of rotatable bonds is 9. The van der Waals surface area contributed by atoms with Gasteiger partial charge in [-0.25, -0.2) is 26.3 Å². The van der Waals surface area contributed by atoms with Crippen molar-refractivity contribution in [1.82, 2.24) is 0 Å². The van der Waals surface area contributed by atoms with Crippen molar-refractivity contribution in [3.63, 3.8) is 0 Å². The number of carbonyl (C=O) groups is 2. The number of hydrogen-bond donors (Lipinski definition) is 3. The van der Waals surface area contributed by atoms with E-state index in [1.807, 2.05) is 0 Å². The van der Waals surface area contributed by atoms with Gasteiger partial charge in [-0.1, -0.05) is 12.1 Å². The highest BCUT2D eigenvalue weighted by Crippen LogP contribution is 2.30. The van der Waals surface area contributed by atoms with Crippen LogP contribution >= 0.6 is 0 Å². The summed E-state index contributed by atoms with van der Waals surface area (Å²) in [5, 5.41) is 17.5. The quantitative estimate of drug-likeness (QED) is 0.188. The first-order valence-electron chi connectivity index (χ1n) is 10.6. The van der Waals surface area contributed by atoms with Gasteiger partial charge in [0, 0.05) is 0 Å². The number of nitrogens with two attached hydrogens (primary N) is 1. The van der Waals surface area contributed by atoms with E-state index in [4.69, 9.17) is 15.9 Å². The van der Waals surface area contributed by atoms with E-state index in [0.29, 0.717) is 0 Å². The molecule has 7 nitrogen and oxygen atoms in total. The van der Waals surface area contributed by atoms with Crippen molar-refractivity contribution in [2.24, 2.45) is 5.73 Å². The monoisotopic (exact) mass is 603 g/mol. The molecule has 17 heteroatoms. The van der Waals surface area contributed by atoms with Crippen LogP contribution in [0.3, 0.4) is 0 Å². The summed E-state index contributed by atoms with van der Waals surface area (Å²) in [5.74, 6) is -29.9. The summed E-state index contributed by atoms with van der Waals surface area (Å²) in [6.07, 6.45) is 0.273. The maximum absolute atomic E-state index is 13.3. The molecular formula is C24H15F10NO6. The Kier molecular flexibility index (Phi) is 10.9. The van der Waals surface area contributed by atoms with Gasteiger partial charge >= 0.3 is 5.97 Å². The third-order valence-electron chi connectivity index (χ3n) is 4.80. The molecular weight excluding hydrogens is 588 g/mol. The van der Waals surface area contributed by atoms with E-state index < -0.39 is 101 Å². The van der Waals surface area contributed by atoms with E-state index in [0.717, 1.165) is 5.56 Å². The number of ketones is 1. The Morgan fingerprint density at radius 3 is 1.27 bits per heavy atom. The Bertz CT molecular complexity index is 1320. The molecule has 222 valence electrons. The fourth-order valence-corrected chi connectivity index (χ4v) is 2.74. The summed E-state index contributed by atoms with van der Waals surface area (Å²) in [7, 11) is 0. The Hall–Kier alpha value is -4.54. The van der Waals surface area contributed by atoms with E-state index in [9.17, 15) is 53.5 Å². The number of carbonyl (C=O) groups excluding carboxylic acids is 1. The number of halogens is 10. The van der Waals surface area contributed by atoms with Gasteiger partial charge in [-0.2, -0.15) is 17.6 Å². The lowest BCUT2D eigenvalue weighted by molar-refractivity contribution is -0.138. The zero-order chi connectivity index (χ0) is 31.2. The minimum absolute atomic E-state index is 0.160. The van der Waals surface area contributed by atoms with Crippen molar-refractivity contribution >= 4 is 11.8 Å². The Balaban J connectivity index is 0.000000377. The molecule has 0 aliphatic rings. The smallest absolute Gasteiger partial charge is 0.320 e. The second kappa shape index (κ2) is 13.7. The molecule has 0 saturated heterocycles. The van der Waals surface area contributed by atoms with Crippen molar-refractivity contribution in [2.45, 2.75) is 12.5 Å². The maximum Gasteiger partial charge on any atom is 0.320 e. The minimum atomic E-state index is -2.48. The summed E-state index contributed by atoms with van der Waals surface area (Å²) in [4.78, 5) is 21.8. The molecule has 0 heterocycles. The van der Waals surface area contributed by atoms with Crippen LogP contribution in [0.5, 0.6) is 17.2 Å². The summed E-state index contributed by atoms with van der Waals surface area (Å²) in [5.41, 5.74) is 6.12. The number of aliphatic carboxylic acids is 1. The summed E-state index contributed by atoms with van der Waals surface area (Å²) in [6.45, 7) is -2.85. The van der Waals surface area contributed by atoms with Crippen LogP contribution in [0.25, 0.3) is 0 Å². The van der Waals surface area contributed by atoms with Crippen LogP contribution in [0.15, 0.2) is 24.3 Å². The topological polar surface area (TPSA) is 119 Å². The number of benzene rings is 3. The van der Waals surface area contributed by atoms with Crippen molar-refractivity contribution in [3.05, 3.63) is 88.0 Å². The molecule has 0 fully saturated rings. The van der Waals surface area contributed by atoms with Crippen LogP contribution in [-0.4, -0.2) is 41.2 Å². The standard InChI is InChI=1S/C15H4F10O3.C9H11NO3/c16-4-6(18)10(22)14(11(23)7(4)19)27-1-3(26)2-28-15-12(24)8(20)5(17)9(21)13(15)25;10-8(9(12)13)5-6-1-3-7(11)4-2-6/h1-2H2;1-4,8,11H,5,10H2,(H,12,13)/t;8-/m.0/s1. The molecule has 0 radical (unpaired) electrons. The number of carboxylic acids is 1. The van der Waals surface area contributed by atoms with Gasteiger partial charge in [-0.3, -0.25) is 9.59 Å². The molecule has 0 bridgehead atoms. The first kappa shape index (κ1) is 32.7. The van der Waals surface area contributed by atoms with Crippen LogP contribution < -0.4 is 15.2 Å². The molecule has 4 N–H and O–H groups in total. The highest BCUT2D eigenvalue weighted by molar-refractivity contribution is 5.81. The SMILES string of the molecule is N[C@@H](Cc1ccc(O)cc1)C(=O)O.O=C(COc1c(F)c(F)c(F)c(F)c1F)COc1c(F)c(F)c(F)c(F)c1F. The Morgan fingerprint density at radius 1 is 0.634 bits per heavy atom. The molecule has 41 heavy (non-hydrogen) atoms. The van der Waals surface area contributed by atoms with Crippen LogP contribution in [0.4, 0.5) is 43.9 Å². The van der Waals surface area contributed by atoms with Crippen LogP contribution in [0, 0.1) is 58.2 Å². The molecule has 0 aromatic heterocycles. The third kappa shape index (κ3) is 7.77. The number of aromatic hydroxyl groups is 1. The molecule has 0 amide bonds. The maximum atomic E-state index is 13.3. The number of carboxylic acid groups (broad SMARTS) is 1. The second-order valence-electron chi connectivity index (χ2n) is 7.73. The molecule has 0 aliphatic carbocycles. The Labute approximate surface area is 222 Å². The predicted octanol–water partition coefficient (Wildman–Crippen LogP) is 4.45. The van der Waals surface area contributed by atoms with Gasteiger partial charge in [0.05, 0.1) is 0 Å². The van der Waals surface area contributed by atoms with Gasteiger partial charge in [0.2, 0.25) is 64.0 Å². The zero-order valence-electron chi connectivity index (χ0n) is 19.9. The number of phenolic OH excluding ortho intramolecular Hbond substituents is 1. The fourth-order valence-electron chi connectivity index (χ4n) is 2.74. The van der Waals surface area contributed by atoms with Gasteiger partial charge in [-0.15, -0.1) is 0 Å². The second-order valence-corrected chi connectivity index (χ2v) is 7.73. The largest absolute Gasteiger partial charge is 0.508 e. The van der Waals surface area contributed by atoms with Crippen molar-refractivity contribution in [2.75, 3.05) is 13.2 Å². The number of phenols is 1. The predicted molar refractivity (Wildman–Crippen MR) is 116 cm³/mol. The normalized spacial score (nSPS) is 11.4. The lowest BCUT2D eigenvalue weighted by Crippen LogP contribution is -2.32. The van der Waals surface area contributed by atoms with E-state index in [1.54, 1.807) is 12.1 Å². The van der Waals surface area contributed by atoms with E-state index in [1.165, 1.54) is 12.1 Å². The Morgan fingerprint density at radius 2 is 0.951 bits per heavy atom. The van der Waals surface area contributed by atoms with Gasteiger partial charge in [0.15, 0.2) is 24.7 Å². The van der Waals surface area contributed by atoms with Gasteiger partial charge in [-0.05, 0) is 24.1 Å². The van der Waals surface area contributed by atoms with E-state index in [-0.39, 0.29) is 12.2 Å². The summed E-state index contributed by atoms with van der Waals surface area (Å²) >= 11 is 0. The van der Waals surface area contributed by atoms with Gasteiger partial charge in [0.25, 0.3) is 0 Å². The first-order chi connectivity index (χ1) is 19.1. The van der Waals surface area contributed by atoms with Crippen molar-refractivity contribution in [1.29, 1.82) is 0 Å². The molecule has 3 aromatic carbocycles. The highest BCUT2D eigenvalue weighted by atomic mass is 19.2. The molecule has 0 aliphatic heterocycles. The average molecular weight is 603 g/mol. The van der Waals surface area contributed by atoms with E-state index >= 15 is 0 Å². The third-order valence-corrected chi connectivity index (χ3v) is 4.80. The van der Waals surface area contributed by atoms with Gasteiger partial charge in [0.1, 0.15) is 11.8 Å².